The van der Waals surface area contributed by atoms with Gasteiger partial charge < -0.3 is 11.1 Å². The number of hydrogen-bond donors (Lipinski definition) is 2. The van der Waals surface area contributed by atoms with Crippen molar-refractivity contribution < 1.29 is 4.79 Å². The summed E-state index contributed by atoms with van der Waals surface area (Å²) in [6.45, 7) is 0.747. The molecule has 3 rings (SSSR count). The van der Waals surface area contributed by atoms with Crippen LogP contribution >= 0.6 is 23.1 Å². The average molecular weight is 292 g/mol. The van der Waals surface area contributed by atoms with Crippen LogP contribution in [0.2, 0.25) is 0 Å². The lowest BCUT2D eigenvalue weighted by Crippen LogP contribution is -2.29. The first-order chi connectivity index (χ1) is 9.25. The van der Waals surface area contributed by atoms with E-state index in [1.807, 2.05) is 36.0 Å². The zero-order valence-electron chi connectivity index (χ0n) is 10.5. The number of nitrogen functional groups attached to an aromatic ring is 1. The largest absolute Gasteiger partial charge is 0.397 e. The van der Waals surface area contributed by atoms with E-state index in [1.165, 1.54) is 29.9 Å². The smallest absolute Gasteiger partial charge is 0.263 e. The number of carbonyl (C=O) groups is 1. The first-order valence-corrected chi connectivity index (χ1v) is 8.29. The van der Waals surface area contributed by atoms with Crippen LogP contribution in [0, 0.1) is 0 Å². The van der Waals surface area contributed by atoms with Gasteiger partial charge in [0, 0.05) is 21.9 Å². The molecule has 1 fully saturated rings. The topological polar surface area (TPSA) is 55.1 Å². The number of amides is 1. The molecule has 19 heavy (non-hydrogen) atoms. The van der Waals surface area contributed by atoms with Gasteiger partial charge in [0.1, 0.15) is 4.88 Å². The zero-order valence-corrected chi connectivity index (χ0v) is 12.2. The van der Waals surface area contributed by atoms with Gasteiger partial charge in [0.05, 0.1) is 5.69 Å². The van der Waals surface area contributed by atoms with Crippen LogP contribution in [0.3, 0.4) is 0 Å². The standard InChI is InChI=1S/C14H16N2OS2/c15-12-10-5-1-2-6-11(10)19-13(12)14(17)16-8-9-4-3-7-18-9/h1-2,5-6,9H,3-4,7-8,15H2,(H,16,17). The number of thiophene rings is 1. The molecular weight excluding hydrogens is 276 g/mol. The Balaban J connectivity index is 1.75. The monoisotopic (exact) mass is 292 g/mol. The number of fused-ring (bicyclic) bond motifs is 1. The van der Waals surface area contributed by atoms with Crippen molar-refractivity contribution in [3.8, 4) is 0 Å². The molecule has 3 N–H and O–H groups in total. The molecule has 1 aliphatic rings. The second kappa shape index (κ2) is 5.43. The highest BCUT2D eigenvalue weighted by molar-refractivity contribution is 8.00. The SMILES string of the molecule is Nc1c(C(=O)NCC2CCCS2)sc2ccccc12. The molecule has 0 aliphatic carbocycles. The van der Waals surface area contributed by atoms with E-state index in [0.29, 0.717) is 15.8 Å². The quantitative estimate of drug-likeness (QED) is 0.914. The lowest BCUT2D eigenvalue weighted by Gasteiger charge is -2.09. The molecule has 2 heterocycles. The Morgan fingerprint density at radius 3 is 3.00 bits per heavy atom. The maximum absolute atomic E-state index is 12.2. The molecule has 5 heteroatoms. The molecule has 1 aliphatic heterocycles. The highest BCUT2D eigenvalue weighted by Crippen LogP contribution is 2.33. The van der Waals surface area contributed by atoms with Gasteiger partial charge in [0.2, 0.25) is 0 Å². The first-order valence-electron chi connectivity index (χ1n) is 6.42. The van der Waals surface area contributed by atoms with E-state index >= 15 is 0 Å². The van der Waals surface area contributed by atoms with Crippen molar-refractivity contribution in [2.45, 2.75) is 18.1 Å². The number of carbonyl (C=O) groups excluding carboxylic acids is 1. The van der Waals surface area contributed by atoms with Crippen LogP contribution in [-0.4, -0.2) is 23.5 Å². The average Bonchev–Trinajstić information content (AvgIpc) is 3.05. The van der Waals surface area contributed by atoms with Gasteiger partial charge in [-0.25, -0.2) is 0 Å². The highest BCUT2D eigenvalue weighted by atomic mass is 32.2. The van der Waals surface area contributed by atoms with E-state index in [-0.39, 0.29) is 5.91 Å². The Morgan fingerprint density at radius 1 is 1.42 bits per heavy atom. The van der Waals surface area contributed by atoms with Gasteiger partial charge >= 0.3 is 0 Å². The summed E-state index contributed by atoms with van der Waals surface area (Å²) in [6, 6.07) is 7.88. The maximum Gasteiger partial charge on any atom is 0.263 e. The number of hydrogen-bond acceptors (Lipinski definition) is 4. The van der Waals surface area contributed by atoms with Crippen molar-refractivity contribution in [1.29, 1.82) is 0 Å². The van der Waals surface area contributed by atoms with Gasteiger partial charge in [0.15, 0.2) is 0 Å². The van der Waals surface area contributed by atoms with Crippen molar-refractivity contribution in [3.63, 3.8) is 0 Å². The molecule has 100 valence electrons. The number of nitrogens with one attached hydrogen (secondary N) is 1. The van der Waals surface area contributed by atoms with Crippen LogP contribution in [0.15, 0.2) is 24.3 Å². The van der Waals surface area contributed by atoms with Crippen LogP contribution in [0.1, 0.15) is 22.5 Å². The van der Waals surface area contributed by atoms with E-state index in [9.17, 15) is 4.79 Å². The Hall–Kier alpha value is -1.20. The normalized spacial score (nSPS) is 18.8. The van der Waals surface area contributed by atoms with E-state index < -0.39 is 0 Å². The van der Waals surface area contributed by atoms with E-state index in [1.54, 1.807) is 0 Å². The molecule has 3 nitrogen and oxygen atoms in total. The molecule has 1 saturated heterocycles. The number of benzene rings is 1. The third-order valence-electron chi connectivity index (χ3n) is 3.35. The van der Waals surface area contributed by atoms with Gasteiger partial charge in [-0.15, -0.1) is 11.3 Å². The number of thioether (sulfide) groups is 1. The van der Waals surface area contributed by atoms with Gasteiger partial charge in [0.25, 0.3) is 5.91 Å². The summed E-state index contributed by atoms with van der Waals surface area (Å²) in [5.74, 6) is 1.18. The minimum Gasteiger partial charge on any atom is -0.397 e. The fourth-order valence-corrected chi connectivity index (χ4v) is 4.57. The zero-order chi connectivity index (χ0) is 13.2. The number of nitrogens with two attached hydrogens (primary N) is 1. The number of anilines is 1. The van der Waals surface area contributed by atoms with E-state index in [0.717, 1.165) is 16.6 Å². The van der Waals surface area contributed by atoms with Crippen LogP contribution < -0.4 is 11.1 Å². The summed E-state index contributed by atoms with van der Waals surface area (Å²) in [4.78, 5) is 12.8. The van der Waals surface area contributed by atoms with Crippen molar-refractivity contribution in [3.05, 3.63) is 29.1 Å². The molecule has 0 saturated carbocycles. The third-order valence-corrected chi connectivity index (χ3v) is 5.94. The Bertz CT molecular complexity index is 603. The summed E-state index contributed by atoms with van der Waals surface area (Å²) in [6.07, 6.45) is 2.46. The fraction of sp³-hybridized carbons (Fsp3) is 0.357. The Labute approximate surface area is 120 Å². The molecule has 1 unspecified atom stereocenters. The molecule has 0 bridgehead atoms. The predicted molar refractivity (Wildman–Crippen MR) is 84.1 cm³/mol. The van der Waals surface area contributed by atoms with Gasteiger partial charge in [-0.05, 0) is 24.7 Å². The predicted octanol–water partition coefficient (Wildman–Crippen LogP) is 3.11. The Morgan fingerprint density at radius 2 is 2.26 bits per heavy atom. The Kier molecular flexibility index (Phi) is 3.66. The minimum absolute atomic E-state index is 0.0359. The summed E-state index contributed by atoms with van der Waals surface area (Å²) >= 11 is 3.42. The molecule has 2 aromatic rings. The lowest BCUT2D eigenvalue weighted by atomic mass is 10.2. The molecule has 1 aromatic heterocycles. The highest BCUT2D eigenvalue weighted by Gasteiger charge is 2.19. The molecular formula is C14H16N2OS2. The molecule has 0 radical (unpaired) electrons. The fourth-order valence-electron chi connectivity index (χ4n) is 2.33. The van der Waals surface area contributed by atoms with Gasteiger partial charge in [-0.2, -0.15) is 11.8 Å². The van der Waals surface area contributed by atoms with Crippen LogP contribution in [0.4, 0.5) is 5.69 Å². The van der Waals surface area contributed by atoms with Crippen LogP contribution in [0.25, 0.3) is 10.1 Å². The molecule has 0 spiro atoms. The first kappa shape index (κ1) is 12.8. The van der Waals surface area contributed by atoms with Crippen LogP contribution in [0.5, 0.6) is 0 Å². The molecule has 1 aromatic carbocycles. The van der Waals surface area contributed by atoms with E-state index in [2.05, 4.69) is 5.32 Å². The number of rotatable bonds is 3. The summed E-state index contributed by atoms with van der Waals surface area (Å²) in [5.41, 5.74) is 6.68. The van der Waals surface area contributed by atoms with Crippen molar-refractivity contribution >= 4 is 44.8 Å². The van der Waals surface area contributed by atoms with Gasteiger partial charge in [-0.1, -0.05) is 18.2 Å². The molecule has 1 amide bonds. The second-order valence-electron chi connectivity index (χ2n) is 4.69. The maximum atomic E-state index is 12.2. The third kappa shape index (κ3) is 2.58. The van der Waals surface area contributed by atoms with Crippen molar-refractivity contribution in [2.24, 2.45) is 0 Å². The van der Waals surface area contributed by atoms with Gasteiger partial charge in [-0.3, -0.25) is 4.79 Å². The van der Waals surface area contributed by atoms with E-state index in [4.69, 9.17) is 5.73 Å². The minimum atomic E-state index is -0.0359. The second-order valence-corrected chi connectivity index (χ2v) is 7.15. The van der Waals surface area contributed by atoms with Crippen molar-refractivity contribution in [1.82, 2.24) is 5.32 Å². The summed E-state index contributed by atoms with van der Waals surface area (Å²) in [5, 5.41) is 4.56. The lowest BCUT2D eigenvalue weighted by molar-refractivity contribution is 0.0958. The van der Waals surface area contributed by atoms with Crippen LogP contribution in [-0.2, 0) is 0 Å². The molecule has 1 atom stereocenters. The van der Waals surface area contributed by atoms with Crippen molar-refractivity contribution in [2.75, 3.05) is 18.0 Å². The summed E-state index contributed by atoms with van der Waals surface area (Å²) in [7, 11) is 0. The summed E-state index contributed by atoms with van der Waals surface area (Å²) < 4.78 is 1.07.